The monoisotopic (exact) mass is 274 g/mol. The Morgan fingerprint density at radius 1 is 1.05 bits per heavy atom. The van der Waals surface area contributed by atoms with E-state index in [0.717, 1.165) is 24.3 Å². The van der Waals surface area contributed by atoms with Crippen LogP contribution in [-0.4, -0.2) is 18.7 Å². The van der Waals surface area contributed by atoms with Gasteiger partial charge >= 0.3 is 0 Å². The van der Waals surface area contributed by atoms with Crippen LogP contribution in [0.5, 0.6) is 5.75 Å². The molecule has 1 aliphatic carbocycles. The average molecular weight is 274 g/mol. The van der Waals surface area contributed by atoms with E-state index in [2.05, 4.69) is 10.5 Å². The van der Waals surface area contributed by atoms with Gasteiger partial charge in [0.15, 0.2) is 0 Å². The van der Waals surface area contributed by atoms with Crippen LogP contribution in [0, 0.1) is 0 Å². The number of hydrogen-bond acceptors (Lipinski definition) is 3. The molecule has 0 aliphatic heterocycles. The molecule has 108 valence electrons. The molecule has 0 atom stereocenters. The molecule has 1 saturated carbocycles. The van der Waals surface area contributed by atoms with Crippen LogP contribution in [-0.2, 0) is 0 Å². The fourth-order valence-electron chi connectivity index (χ4n) is 2.36. The molecule has 2 rings (SSSR count). The van der Waals surface area contributed by atoms with E-state index in [4.69, 9.17) is 4.74 Å². The van der Waals surface area contributed by atoms with Crippen LogP contribution < -0.4 is 10.2 Å². The fourth-order valence-corrected chi connectivity index (χ4v) is 2.36. The summed E-state index contributed by atoms with van der Waals surface area (Å²) in [7, 11) is 1.61. The lowest BCUT2D eigenvalue weighted by atomic mass is 9.99. The molecule has 0 unspecified atom stereocenters. The summed E-state index contributed by atoms with van der Waals surface area (Å²) in [4.78, 5) is 12.0. The van der Waals surface area contributed by atoms with Crippen molar-refractivity contribution in [1.29, 1.82) is 0 Å². The Balaban J connectivity index is 1.92. The fraction of sp³-hybridized carbons (Fsp3) is 0.500. The summed E-state index contributed by atoms with van der Waals surface area (Å²) in [6.45, 7) is 0. The molecule has 4 nitrogen and oxygen atoms in total. The summed E-state index contributed by atoms with van der Waals surface area (Å²) in [5, 5.41) is 4.29. The van der Waals surface area contributed by atoms with Crippen LogP contribution in [0.3, 0.4) is 0 Å². The number of hydrazone groups is 1. The van der Waals surface area contributed by atoms with Gasteiger partial charge in [-0.3, -0.25) is 4.79 Å². The lowest BCUT2D eigenvalue weighted by molar-refractivity contribution is 0.0954. The SMILES string of the molecule is COc1ccc(C(=O)NN=C2CCCCCCC2)cc1. The van der Waals surface area contributed by atoms with E-state index >= 15 is 0 Å². The Hall–Kier alpha value is -1.84. The zero-order chi connectivity index (χ0) is 14.2. The number of hydrogen-bond donors (Lipinski definition) is 1. The molecule has 0 aromatic heterocycles. The first kappa shape index (κ1) is 14.6. The third-order valence-corrected chi connectivity index (χ3v) is 3.60. The zero-order valence-corrected chi connectivity index (χ0v) is 12.0. The van der Waals surface area contributed by atoms with Crippen LogP contribution in [0.4, 0.5) is 0 Å². The molecule has 0 radical (unpaired) electrons. The first-order valence-corrected chi connectivity index (χ1v) is 7.29. The Morgan fingerprint density at radius 3 is 2.25 bits per heavy atom. The van der Waals surface area contributed by atoms with Crippen molar-refractivity contribution in [3.05, 3.63) is 29.8 Å². The summed E-state index contributed by atoms with van der Waals surface area (Å²) >= 11 is 0. The molecular formula is C16H22N2O2. The van der Waals surface area contributed by atoms with Crippen molar-refractivity contribution >= 4 is 11.6 Å². The minimum absolute atomic E-state index is 0.165. The third kappa shape index (κ3) is 4.37. The Morgan fingerprint density at radius 2 is 1.65 bits per heavy atom. The molecule has 20 heavy (non-hydrogen) atoms. The molecule has 0 spiro atoms. The van der Waals surface area contributed by atoms with Gasteiger partial charge in [0.25, 0.3) is 5.91 Å². The highest BCUT2D eigenvalue weighted by Crippen LogP contribution is 2.15. The minimum atomic E-state index is -0.165. The maximum atomic E-state index is 12.0. The summed E-state index contributed by atoms with van der Waals surface area (Å²) in [5.74, 6) is 0.579. The minimum Gasteiger partial charge on any atom is -0.497 e. The third-order valence-electron chi connectivity index (χ3n) is 3.60. The molecule has 1 aliphatic rings. The van der Waals surface area contributed by atoms with E-state index in [1.54, 1.807) is 31.4 Å². The molecule has 0 bridgehead atoms. The summed E-state index contributed by atoms with van der Waals surface area (Å²) in [5.41, 5.74) is 4.38. The number of rotatable bonds is 3. The van der Waals surface area contributed by atoms with Gasteiger partial charge in [-0.15, -0.1) is 0 Å². The first-order chi connectivity index (χ1) is 9.79. The van der Waals surface area contributed by atoms with Gasteiger partial charge in [-0.2, -0.15) is 5.10 Å². The highest BCUT2D eigenvalue weighted by atomic mass is 16.5. The average Bonchev–Trinajstić information content (AvgIpc) is 2.46. The summed E-state index contributed by atoms with van der Waals surface area (Å²) in [6, 6.07) is 7.04. The number of benzene rings is 1. The van der Waals surface area contributed by atoms with Crippen molar-refractivity contribution in [3.63, 3.8) is 0 Å². The lowest BCUT2D eigenvalue weighted by Crippen LogP contribution is -2.20. The van der Waals surface area contributed by atoms with Crippen LogP contribution >= 0.6 is 0 Å². The molecule has 1 N–H and O–H groups in total. The molecule has 1 fully saturated rings. The van der Waals surface area contributed by atoms with Crippen molar-refractivity contribution in [1.82, 2.24) is 5.43 Å². The predicted molar refractivity (Wildman–Crippen MR) is 80.2 cm³/mol. The second-order valence-corrected chi connectivity index (χ2v) is 5.12. The van der Waals surface area contributed by atoms with Crippen LogP contribution in [0.15, 0.2) is 29.4 Å². The van der Waals surface area contributed by atoms with Crippen molar-refractivity contribution in [2.45, 2.75) is 44.9 Å². The van der Waals surface area contributed by atoms with E-state index in [9.17, 15) is 4.79 Å². The van der Waals surface area contributed by atoms with Gasteiger partial charge in [0, 0.05) is 11.3 Å². The van der Waals surface area contributed by atoms with E-state index in [-0.39, 0.29) is 5.91 Å². The van der Waals surface area contributed by atoms with Gasteiger partial charge in [-0.05, 0) is 49.9 Å². The Labute approximate surface area is 120 Å². The van der Waals surface area contributed by atoms with Gasteiger partial charge in [0.2, 0.25) is 0 Å². The maximum absolute atomic E-state index is 12.0. The quantitative estimate of drug-likeness (QED) is 0.857. The second-order valence-electron chi connectivity index (χ2n) is 5.12. The van der Waals surface area contributed by atoms with Crippen molar-refractivity contribution < 1.29 is 9.53 Å². The largest absolute Gasteiger partial charge is 0.497 e. The maximum Gasteiger partial charge on any atom is 0.271 e. The number of nitrogens with one attached hydrogen (secondary N) is 1. The molecule has 1 aromatic carbocycles. The standard InChI is InChI=1S/C16H22N2O2/c1-20-15-11-9-13(10-12-15)16(19)18-17-14-7-5-3-2-4-6-8-14/h9-12H,2-8H2,1H3,(H,18,19). The van der Waals surface area contributed by atoms with E-state index in [1.807, 2.05) is 0 Å². The number of carbonyl (C=O) groups excluding carboxylic acids is 1. The number of methoxy groups -OCH3 is 1. The summed E-state index contributed by atoms with van der Waals surface area (Å²) < 4.78 is 5.07. The van der Waals surface area contributed by atoms with Gasteiger partial charge in [-0.25, -0.2) is 5.43 Å². The molecular weight excluding hydrogens is 252 g/mol. The van der Waals surface area contributed by atoms with Gasteiger partial charge in [-0.1, -0.05) is 19.3 Å². The second kappa shape index (κ2) is 7.68. The van der Waals surface area contributed by atoms with Crippen molar-refractivity contribution in [3.8, 4) is 5.75 Å². The summed E-state index contributed by atoms with van der Waals surface area (Å²) in [6.07, 6.45) is 8.22. The smallest absolute Gasteiger partial charge is 0.271 e. The highest BCUT2D eigenvalue weighted by Gasteiger charge is 2.07. The predicted octanol–water partition coefficient (Wildman–Crippen LogP) is 3.53. The molecule has 0 heterocycles. The van der Waals surface area contributed by atoms with Gasteiger partial charge in [0.1, 0.15) is 5.75 Å². The molecule has 4 heteroatoms. The molecule has 1 amide bonds. The van der Waals surface area contributed by atoms with Gasteiger partial charge < -0.3 is 4.74 Å². The molecule has 1 aromatic rings. The normalized spacial score (nSPS) is 15.9. The Bertz CT molecular complexity index is 456. The van der Waals surface area contributed by atoms with Crippen molar-refractivity contribution in [2.24, 2.45) is 5.10 Å². The Kier molecular flexibility index (Phi) is 5.59. The van der Waals surface area contributed by atoms with Crippen molar-refractivity contribution in [2.75, 3.05) is 7.11 Å². The van der Waals surface area contributed by atoms with E-state index < -0.39 is 0 Å². The van der Waals surface area contributed by atoms with E-state index in [0.29, 0.717) is 5.56 Å². The van der Waals surface area contributed by atoms with Crippen LogP contribution in [0.2, 0.25) is 0 Å². The number of carbonyl (C=O) groups is 1. The first-order valence-electron chi connectivity index (χ1n) is 7.29. The van der Waals surface area contributed by atoms with Crippen LogP contribution in [0.1, 0.15) is 55.3 Å². The van der Waals surface area contributed by atoms with Crippen LogP contribution in [0.25, 0.3) is 0 Å². The highest BCUT2D eigenvalue weighted by molar-refractivity contribution is 5.95. The number of nitrogens with zero attached hydrogens (tertiary/aromatic N) is 1. The topological polar surface area (TPSA) is 50.7 Å². The zero-order valence-electron chi connectivity index (χ0n) is 12.0. The number of ether oxygens (including phenoxy) is 1. The van der Waals surface area contributed by atoms with Gasteiger partial charge in [0.05, 0.1) is 7.11 Å². The lowest BCUT2D eigenvalue weighted by Gasteiger charge is -2.11. The van der Waals surface area contributed by atoms with E-state index in [1.165, 1.54) is 32.1 Å². The molecule has 0 saturated heterocycles. The number of amides is 1.